The fourth-order valence-electron chi connectivity index (χ4n) is 10.2. The summed E-state index contributed by atoms with van der Waals surface area (Å²) >= 11 is 0. The predicted molar refractivity (Wildman–Crippen MR) is 119 cm³/mol. The van der Waals surface area contributed by atoms with Gasteiger partial charge in [-0.2, -0.15) is 0 Å². The van der Waals surface area contributed by atoms with Gasteiger partial charge in [0.2, 0.25) is 0 Å². The first kappa shape index (κ1) is 21.4. The molecule has 13 atom stereocenters. The Morgan fingerprint density at radius 2 is 1.68 bits per heavy atom. The maximum atomic E-state index is 11.8. The van der Waals surface area contributed by atoms with Crippen LogP contribution in [0.5, 0.6) is 0 Å². The molecule has 6 rings (SSSR count). The Balaban J connectivity index is 1.29. The van der Waals surface area contributed by atoms with Gasteiger partial charge in [-0.05, 0) is 86.4 Å². The second-order valence-corrected chi connectivity index (χ2v) is 13.2. The van der Waals surface area contributed by atoms with Crippen LogP contribution in [0, 0.1) is 52.3 Å². The molecule has 0 bridgehead atoms. The van der Waals surface area contributed by atoms with Gasteiger partial charge in [0.05, 0.1) is 24.9 Å². The third-order valence-corrected chi connectivity index (χ3v) is 12.0. The van der Waals surface area contributed by atoms with E-state index in [-0.39, 0.29) is 23.7 Å². The first-order valence-corrected chi connectivity index (χ1v) is 13.4. The van der Waals surface area contributed by atoms with E-state index in [1.54, 1.807) is 0 Å². The van der Waals surface area contributed by atoms with Crippen LogP contribution >= 0.6 is 0 Å². The molecule has 4 aliphatic carbocycles. The molecule has 0 radical (unpaired) electrons. The van der Waals surface area contributed by atoms with Crippen LogP contribution in [0.25, 0.3) is 0 Å². The minimum atomic E-state index is -0.407. The smallest absolute Gasteiger partial charge is 0.171 e. The summed E-state index contributed by atoms with van der Waals surface area (Å²) in [7, 11) is 0. The number of fused-ring (bicyclic) bond motifs is 7. The third kappa shape index (κ3) is 2.74. The fourth-order valence-corrected chi connectivity index (χ4v) is 10.2. The number of aliphatic hydroxyl groups excluding tert-OH is 2. The second-order valence-electron chi connectivity index (χ2n) is 13.2. The van der Waals surface area contributed by atoms with Crippen molar-refractivity contribution in [3.63, 3.8) is 0 Å². The highest BCUT2D eigenvalue weighted by atomic mass is 16.7. The maximum Gasteiger partial charge on any atom is 0.171 e. The molecule has 0 aromatic heterocycles. The normalized spacial score (nSPS) is 63.3. The van der Waals surface area contributed by atoms with Crippen LogP contribution < -0.4 is 0 Å². The Bertz CT molecular complexity index is 716. The van der Waals surface area contributed by atoms with Gasteiger partial charge in [-0.25, -0.2) is 0 Å². The van der Waals surface area contributed by atoms with E-state index >= 15 is 0 Å². The van der Waals surface area contributed by atoms with Crippen molar-refractivity contribution in [1.29, 1.82) is 0 Å². The van der Waals surface area contributed by atoms with Crippen molar-refractivity contribution in [2.45, 2.75) is 110 Å². The van der Waals surface area contributed by atoms with E-state index in [4.69, 9.17) is 9.47 Å². The van der Waals surface area contributed by atoms with Gasteiger partial charge >= 0.3 is 0 Å². The van der Waals surface area contributed by atoms with E-state index < -0.39 is 5.79 Å². The zero-order valence-electron chi connectivity index (χ0n) is 20.1. The molecule has 2 heterocycles. The lowest BCUT2D eigenvalue weighted by Crippen LogP contribution is -2.59. The maximum absolute atomic E-state index is 11.8. The number of ether oxygens (including phenoxy) is 2. The van der Waals surface area contributed by atoms with Gasteiger partial charge in [0.15, 0.2) is 5.79 Å². The van der Waals surface area contributed by atoms with Crippen LogP contribution in [0.2, 0.25) is 0 Å². The molecule has 6 aliphatic rings. The Kier molecular flexibility index (Phi) is 4.78. The Hall–Kier alpha value is -0.160. The standard InChI is InChI=1S/C27H44O4/c1-15-7-10-27(30-14-15)16(2)24-22(31-27)12-21-19-6-5-17-11-18(28)8-9-25(17,3)20(19)13-23(29)26(21,24)4/h15-24,28-29H,5-14H2,1-4H3/t15-,16+,17?,18?,19-,20+,21+,22+,23?,24+,25+,26-,27-/m1/s1. The van der Waals surface area contributed by atoms with Crippen LogP contribution in [0.1, 0.15) is 85.5 Å². The molecular formula is C27H44O4. The minimum Gasteiger partial charge on any atom is -0.393 e. The van der Waals surface area contributed by atoms with Crippen molar-refractivity contribution in [3.05, 3.63) is 0 Å². The van der Waals surface area contributed by atoms with Crippen molar-refractivity contribution < 1.29 is 19.7 Å². The molecule has 2 saturated heterocycles. The van der Waals surface area contributed by atoms with E-state index in [0.29, 0.717) is 46.8 Å². The summed E-state index contributed by atoms with van der Waals surface area (Å²) in [6, 6.07) is 0. The molecule has 6 fully saturated rings. The zero-order valence-corrected chi connectivity index (χ0v) is 20.1. The Morgan fingerprint density at radius 1 is 0.871 bits per heavy atom. The van der Waals surface area contributed by atoms with E-state index in [2.05, 4.69) is 27.7 Å². The molecule has 3 unspecified atom stereocenters. The van der Waals surface area contributed by atoms with Crippen molar-refractivity contribution in [2.24, 2.45) is 52.3 Å². The summed E-state index contributed by atoms with van der Waals surface area (Å²) in [4.78, 5) is 0. The molecule has 0 aromatic carbocycles. The lowest BCUT2D eigenvalue weighted by Gasteiger charge is -2.62. The zero-order chi connectivity index (χ0) is 21.8. The van der Waals surface area contributed by atoms with Gasteiger partial charge in [-0.3, -0.25) is 0 Å². The van der Waals surface area contributed by atoms with E-state index in [1.165, 1.54) is 19.3 Å². The fraction of sp³-hybridized carbons (Fsp3) is 1.00. The van der Waals surface area contributed by atoms with E-state index in [0.717, 1.165) is 45.1 Å². The summed E-state index contributed by atoms with van der Waals surface area (Å²) in [6.45, 7) is 10.3. The summed E-state index contributed by atoms with van der Waals surface area (Å²) in [6.07, 6.45) is 9.70. The number of hydrogen-bond donors (Lipinski definition) is 2. The van der Waals surface area contributed by atoms with Gasteiger partial charge < -0.3 is 19.7 Å². The topological polar surface area (TPSA) is 58.9 Å². The van der Waals surface area contributed by atoms with Gasteiger partial charge in [-0.15, -0.1) is 0 Å². The predicted octanol–water partition coefficient (Wildman–Crippen LogP) is 4.76. The molecule has 4 nitrogen and oxygen atoms in total. The van der Waals surface area contributed by atoms with Crippen molar-refractivity contribution in [1.82, 2.24) is 0 Å². The van der Waals surface area contributed by atoms with Gasteiger partial charge in [0.1, 0.15) is 0 Å². The molecule has 4 heteroatoms. The Morgan fingerprint density at radius 3 is 2.42 bits per heavy atom. The molecule has 31 heavy (non-hydrogen) atoms. The highest BCUT2D eigenvalue weighted by Gasteiger charge is 2.71. The van der Waals surface area contributed by atoms with E-state index in [9.17, 15) is 10.2 Å². The highest BCUT2D eigenvalue weighted by molar-refractivity contribution is 5.17. The van der Waals surface area contributed by atoms with Crippen molar-refractivity contribution >= 4 is 0 Å². The Labute approximate surface area is 188 Å². The molecule has 2 aliphatic heterocycles. The number of aliphatic hydroxyl groups is 2. The second kappa shape index (κ2) is 6.93. The molecule has 4 saturated carbocycles. The van der Waals surface area contributed by atoms with Gasteiger partial charge in [0.25, 0.3) is 0 Å². The highest BCUT2D eigenvalue weighted by Crippen LogP contribution is 2.71. The van der Waals surface area contributed by atoms with E-state index in [1.807, 2.05) is 0 Å². The molecule has 176 valence electrons. The monoisotopic (exact) mass is 432 g/mol. The first-order chi connectivity index (χ1) is 14.7. The number of rotatable bonds is 0. The third-order valence-electron chi connectivity index (χ3n) is 12.0. The van der Waals surface area contributed by atoms with Crippen LogP contribution in [0.4, 0.5) is 0 Å². The molecule has 2 N–H and O–H groups in total. The summed E-state index contributed by atoms with van der Waals surface area (Å²) in [5.41, 5.74) is 0.233. The SMILES string of the molecule is C[C@@H]1CC[C@@]2(OC1)O[C@H]1C[C@H]3[C@@H]4CCC5CC(O)CC[C@]5(C)[C@H]4CC(O)[C@]3(C)[C@H]1[C@@H]2C. The molecular weight excluding hydrogens is 388 g/mol. The van der Waals surface area contributed by atoms with Crippen LogP contribution in [0.3, 0.4) is 0 Å². The van der Waals surface area contributed by atoms with Crippen LogP contribution in [-0.4, -0.2) is 40.9 Å². The minimum absolute atomic E-state index is 0.0570. The van der Waals surface area contributed by atoms with Gasteiger partial charge in [0, 0.05) is 23.7 Å². The van der Waals surface area contributed by atoms with Crippen LogP contribution in [-0.2, 0) is 9.47 Å². The summed E-state index contributed by atoms with van der Waals surface area (Å²) < 4.78 is 13.3. The average molecular weight is 433 g/mol. The molecule has 0 amide bonds. The van der Waals surface area contributed by atoms with Gasteiger partial charge in [-0.1, -0.05) is 27.7 Å². The summed E-state index contributed by atoms with van der Waals surface area (Å²) in [5.74, 6) is 3.46. The summed E-state index contributed by atoms with van der Waals surface area (Å²) in [5, 5.41) is 22.1. The lowest BCUT2D eigenvalue weighted by molar-refractivity contribution is -0.274. The number of hydrogen-bond acceptors (Lipinski definition) is 4. The average Bonchev–Trinajstić information content (AvgIpc) is 3.18. The van der Waals surface area contributed by atoms with Crippen molar-refractivity contribution in [2.75, 3.05) is 6.61 Å². The van der Waals surface area contributed by atoms with Crippen LogP contribution in [0.15, 0.2) is 0 Å². The molecule has 1 spiro atoms. The lowest BCUT2D eigenvalue weighted by atomic mass is 9.43. The van der Waals surface area contributed by atoms with Crippen molar-refractivity contribution in [3.8, 4) is 0 Å². The molecule has 0 aromatic rings. The largest absolute Gasteiger partial charge is 0.393 e. The quantitative estimate of drug-likeness (QED) is 0.579. The first-order valence-electron chi connectivity index (χ1n) is 13.4.